The predicted octanol–water partition coefficient (Wildman–Crippen LogP) is 3.45. The van der Waals surface area contributed by atoms with Crippen LogP contribution in [-0.4, -0.2) is 60.9 Å². The van der Waals surface area contributed by atoms with Gasteiger partial charge in [-0.25, -0.2) is 0 Å². The van der Waals surface area contributed by atoms with Gasteiger partial charge in [0.1, 0.15) is 0 Å². The molecule has 1 aromatic rings. The molecule has 1 aliphatic rings. The van der Waals surface area contributed by atoms with Crippen LogP contribution in [0, 0.1) is 5.92 Å². The molecule has 0 unspecified atom stereocenters. The first-order chi connectivity index (χ1) is 12.1. The molecule has 2 heterocycles. The zero-order valence-corrected chi connectivity index (χ0v) is 18.6. The van der Waals surface area contributed by atoms with Crippen molar-refractivity contribution in [3.63, 3.8) is 0 Å². The summed E-state index contributed by atoms with van der Waals surface area (Å²) in [5, 5.41) is 3.38. The standard InChI is InChI=1S/C19H32N4O2.HI/c1-4-20-19(21-10-6-5-8-16(2)3)23-13-11-22(12-14-23)18(24)17-9-7-15-25-17;/h7,9,15-16H,4-6,8,10-14H2,1-3H3,(H,20,21);1H. The van der Waals surface area contributed by atoms with Crippen LogP contribution in [0.4, 0.5) is 0 Å². The first kappa shape index (κ1) is 22.8. The number of hydrogen-bond acceptors (Lipinski definition) is 3. The molecule has 1 saturated heterocycles. The summed E-state index contributed by atoms with van der Waals surface area (Å²) in [4.78, 5) is 21.2. The Kier molecular flexibility index (Phi) is 10.7. The number of carbonyl (C=O) groups is 1. The maximum absolute atomic E-state index is 12.3. The van der Waals surface area contributed by atoms with Crippen LogP contribution in [0.2, 0.25) is 0 Å². The maximum atomic E-state index is 12.3. The Hall–Kier alpha value is -1.25. The van der Waals surface area contributed by atoms with Gasteiger partial charge in [-0.1, -0.05) is 26.7 Å². The average Bonchev–Trinajstić information content (AvgIpc) is 3.14. The number of nitrogens with zero attached hydrogens (tertiary/aromatic N) is 3. The smallest absolute Gasteiger partial charge is 0.289 e. The number of guanidine groups is 1. The summed E-state index contributed by atoms with van der Waals surface area (Å²) in [5.41, 5.74) is 0. The number of piperazine rings is 1. The number of furan rings is 1. The lowest BCUT2D eigenvalue weighted by Gasteiger charge is -2.36. The Morgan fingerprint density at radius 2 is 1.92 bits per heavy atom. The molecule has 1 fully saturated rings. The zero-order chi connectivity index (χ0) is 18.1. The summed E-state index contributed by atoms with van der Waals surface area (Å²) in [6, 6.07) is 3.47. The largest absolute Gasteiger partial charge is 0.459 e. The molecule has 0 bridgehead atoms. The molecule has 0 saturated carbocycles. The first-order valence-corrected chi connectivity index (χ1v) is 9.47. The highest BCUT2D eigenvalue weighted by Gasteiger charge is 2.25. The second kappa shape index (κ2) is 12.2. The van der Waals surface area contributed by atoms with E-state index in [-0.39, 0.29) is 29.9 Å². The maximum Gasteiger partial charge on any atom is 0.289 e. The number of halogens is 1. The number of nitrogens with one attached hydrogen (secondary N) is 1. The molecule has 1 N–H and O–H groups in total. The third-order valence-corrected chi connectivity index (χ3v) is 4.38. The van der Waals surface area contributed by atoms with E-state index in [0.717, 1.165) is 44.5 Å². The number of unbranched alkanes of at least 4 members (excludes halogenated alkanes) is 1. The molecule has 2 rings (SSSR count). The van der Waals surface area contributed by atoms with Crippen molar-refractivity contribution in [1.82, 2.24) is 15.1 Å². The fourth-order valence-corrected chi connectivity index (χ4v) is 2.95. The molecule has 6 nitrogen and oxygen atoms in total. The van der Waals surface area contributed by atoms with Gasteiger partial charge in [0.2, 0.25) is 0 Å². The third kappa shape index (κ3) is 7.17. The highest BCUT2D eigenvalue weighted by Crippen LogP contribution is 2.10. The van der Waals surface area contributed by atoms with Gasteiger partial charge in [0.05, 0.1) is 6.26 Å². The Morgan fingerprint density at radius 3 is 2.50 bits per heavy atom. The van der Waals surface area contributed by atoms with Crippen LogP contribution >= 0.6 is 24.0 Å². The van der Waals surface area contributed by atoms with E-state index < -0.39 is 0 Å². The van der Waals surface area contributed by atoms with Crippen molar-refractivity contribution in [1.29, 1.82) is 0 Å². The van der Waals surface area contributed by atoms with Gasteiger partial charge in [0, 0.05) is 39.3 Å². The molecule has 1 aromatic heterocycles. The highest BCUT2D eigenvalue weighted by atomic mass is 127. The van der Waals surface area contributed by atoms with Crippen molar-refractivity contribution in [2.45, 2.75) is 40.0 Å². The summed E-state index contributed by atoms with van der Waals surface area (Å²) in [6.07, 6.45) is 5.16. The SMILES string of the molecule is CCNC(=NCCCCC(C)C)N1CCN(C(=O)c2ccco2)CC1.I. The van der Waals surface area contributed by atoms with Crippen molar-refractivity contribution < 1.29 is 9.21 Å². The van der Waals surface area contributed by atoms with E-state index in [1.165, 1.54) is 12.8 Å². The summed E-state index contributed by atoms with van der Waals surface area (Å²) in [7, 11) is 0. The Bertz CT molecular complexity index is 538. The molecule has 1 aliphatic heterocycles. The molecule has 1 amide bonds. The van der Waals surface area contributed by atoms with Gasteiger partial charge in [0.15, 0.2) is 11.7 Å². The summed E-state index contributed by atoms with van der Waals surface area (Å²) in [6.45, 7) is 11.3. The number of aliphatic imine (C=N–C) groups is 1. The van der Waals surface area contributed by atoms with E-state index in [0.29, 0.717) is 18.8 Å². The molecular formula is C19H33IN4O2. The third-order valence-electron chi connectivity index (χ3n) is 4.38. The second-order valence-corrected chi connectivity index (χ2v) is 6.88. The Morgan fingerprint density at radius 1 is 1.23 bits per heavy atom. The van der Waals surface area contributed by atoms with E-state index in [2.05, 4.69) is 31.0 Å². The lowest BCUT2D eigenvalue weighted by atomic mass is 10.1. The molecule has 7 heteroatoms. The molecule has 0 spiro atoms. The lowest BCUT2D eigenvalue weighted by Crippen LogP contribution is -2.53. The topological polar surface area (TPSA) is 61.1 Å². The van der Waals surface area contributed by atoms with Crippen LogP contribution in [-0.2, 0) is 0 Å². The lowest BCUT2D eigenvalue weighted by molar-refractivity contribution is 0.0657. The van der Waals surface area contributed by atoms with Crippen LogP contribution in [0.15, 0.2) is 27.8 Å². The number of hydrogen-bond donors (Lipinski definition) is 1. The van der Waals surface area contributed by atoms with Crippen LogP contribution in [0.1, 0.15) is 50.6 Å². The fraction of sp³-hybridized carbons (Fsp3) is 0.684. The second-order valence-electron chi connectivity index (χ2n) is 6.88. The Labute approximate surface area is 174 Å². The van der Waals surface area contributed by atoms with Crippen molar-refractivity contribution in [2.24, 2.45) is 10.9 Å². The van der Waals surface area contributed by atoms with E-state index in [4.69, 9.17) is 9.41 Å². The van der Waals surface area contributed by atoms with Gasteiger partial charge in [-0.2, -0.15) is 0 Å². The molecule has 0 radical (unpaired) electrons. The number of amides is 1. The molecule has 0 aromatic carbocycles. The zero-order valence-electron chi connectivity index (χ0n) is 16.2. The van der Waals surface area contributed by atoms with Crippen LogP contribution in [0.25, 0.3) is 0 Å². The Balaban J connectivity index is 0.00000338. The molecule has 0 aliphatic carbocycles. The van der Waals surface area contributed by atoms with E-state index in [1.54, 1.807) is 18.4 Å². The summed E-state index contributed by atoms with van der Waals surface area (Å²) < 4.78 is 5.21. The first-order valence-electron chi connectivity index (χ1n) is 9.47. The van der Waals surface area contributed by atoms with Crippen molar-refractivity contribution in [3.8, 4) is 0 Å². The van der Waals surface area contributed by atoms with Crippen LogP contribution in [0.3, 0.4) is 0 Å². The van der Waals surface area contributed by atoms with Gasteiger partial charge >= 0.3 is 0 Å². The van der Waals surface area contributed by atoms with Gasteiger partial charge in [-0.15, -0.1) is 24.0 Å². The molecule has 0 atom stereocenters. The minimum absolute atomic E-state index is 0. The highest BCUT2D eigenvalue weighted by molar-refractivity contribution is 14.0. The molecule has 26 heavy (non-hydrogen) atoms. The van der Waals surface area contributed by atoms with E-state index in [9.17, 15) is 4.79 Å². The van der Waals surface area contributed by atoms with Gasteiger partial charge in [-0.3, -0.25) is 9.79 Å². The minimum Gasteiger partial charge on any atom is -0.459 e. The minimum atomic E-state index is -0.0275. The van der Waals surface area contributed by atoms with Crippen molar-refractivity contribution in [2.75, 3.05) is 39.3 Å². The van der Waals surface area contributed by atoms with Crippen molar-refractivity contribution >= 4 is 35.8 Å². The number of carbonyl (C=O) groups excluding carboxylic acids is 1. The quantitative estimate of drug-likeness (QED) is 0.284. The van der Waals surface area contributed by atoms with Crippen molar-refractivity contribution in [3.05, 3.63) is 24.2 Å². The summed E-state index contributed by atoms with van der Waals surface area (Å²) >= 11 is 0. The molecule has 148 valence electrons. The van der Waals surface area contributed by atoms with Crippen LogP contribution < -0.4 is 5.32 Å². The predicted molar refractivity (Wildman–Crippen MR) is 116 cm³/mol. The van der Waals surface area contributed by atoms with E-state index in [1.807, 2.05) is 4.90 Å². The molecular weight excluding hydrogens is 443 g/mol. The monoisotopic (exact) mass is 476 g/mol. The summed E-state index contributed by atoms with van der Waals surface area (Å²) in [5.74, 6) is 2.12. The number of rotatable bonds is 7. The van der Waals surface area contributed by atoms with Gasteiger partial charge in [-0.05, 0) is 31.4 Å². The fourth-order valence-electron chi connectivity index (χ4n) is 2.95. The van der Waals surface area contributed by atoms with Gasteiger partial charge < -0.3 is 19.5 Å². The van der Waals surface area contributed by atoms with Gasteiger partial charge in [0.25, 0.3) is 5.91 Å². The van der Waals surface area contributed by atoms with Crippen LogP contribution in [0.5, 0.6) is 0 Å². The normalized spacial score (nSPS) is 15.2. The average molecular weight is 476 g/mol. The van der Waals surface area contributed by atoms with E-state index >= 15 is 0 Å².